The number of carbonyl (C=O) groups excluding carboxylic acids is 2. The number of hydrogen-bond acceptors (Lipinski definition) is 4. The van der Waals surface area contributed by atoms with Crippen molar-refractivity contribution in [2.75, 3.05) is 11.6 Å². The summed E-state index contributed by atoms with van der Waals surface area (Å²) in [6.45, 7) is 0. The molecule has 0 fully saturated rings. The number of amides is 2. The van der Waals surface area contributed by atoms with Crippen molar-refractivity contribution in [1.82, 2.24) is 10.3 Å². The number of benzene rings is 3. The highest BCUT2D eigenvalue weighted by Gasteiger charge is 2.37. The zero-order valence-corrected chi connectivity index (χ0v) is 20.8. The van der Waals surface area contributed by atoms with Crippen molar-refractivity contribution in [3.8, 4) is 0 Å². The molecule has 12 heteroatoms. The molecule has 1 atom stereocenters. The summed E-state index contributed by atoms with van der Waals surface area (Å²) in [4.78, 5) is 30.7. The van der Waals surface area contributed by atoms with Gasteiger partial charge in [0.05, 0.1) is 27.7 Å². The maximum Gasteiger partial charge on any atom is 0.416 e. The van der Waals surface area contributed by atoms with Gasteiger partial charge in [0, 0.05) is 32.8 Å². The predicted octanol–water partition coefficient (Wildman–Crippen LogP) is 6.99. The molecular formula is C26H15ClF5N3O2S. The zero-order valence-electron chi connectivity index (χ0n) is 19.2. The number of fused-ring (bicyclic) bond motifs is 3. The third-order valence-corrected chi connectivity index (χ3v) is 7.00. The first-order chi connectivity index (χ1) is 18.0. The lowest BCUT2D eigenvalue weighted by molar-refractivity contribution is -0.137. The molecule has 1 aliphatic heterocycles. The van der Waals surface area contributed by atoms with E-state index in [1.165, 1.54) is 23.9 Å². The third kappa shape index (κ3) is 4.67. The lowest BCUT2D eigenvalue weighted by Gasteiger charge is -2.19. The molecule has 0 spiro atoms. The van der Waals surface area contributed by atoms with Crippen LogP contribution >= 0.6 is 23.4 Å². The van der Waals surface area contributed by atoms with Gasteiger partial charge in [0.1, 0.15) is 11.6 Å². The molecule has 2 N–H and O–H groups in total. The Bertz CT molecular complexity index is 1640. The van der Waals surface area contributed by atoms with Gasteiger partial charge < -0.3 is 10.6 Å². The summed E-state index contributed by atoms with van der Waals surface area (Å²) >= 11 is 7.65. The van der Waals surface area contributed by atoms with Gasteiger partial charge in [0.15, 0.2) is 0 Å². The second kappa shape index (κ2) is 9.55. The van der Waals surface area contributed by atoms with Gasteiger partial charge in [-0.15, -0.1) is 11.8 Å². The van der Waals surface area contributed by atoms with Crippen LogP contribution < -0.4 is 10.6 Å². The van der Waals surface area contributed by atoms with Crippen molar-refractivity contribution in [3.63, 3.8) is 0 Å². The fourth-order valence-corrected chi connectivity index (χ4v) is 4.98. The van der Waals surface area contributed by atoms with Crippen LogP contribution in [-0.4, -0.2) is 23.1 Å². The largest absolute Gasteiger partial charge is 0.416 e. The van der Waals surface area contributed by atoms with E-state index in [1.807, 2.05) is 0 Å². The Morgan fingerprint density at radius 3 is 2.53 bits per heavy atom. The Morgan fingerprint density at radius 2 is 1.82 bits per heavy atom. The number of hydrogen-bond donors (Lipinski definition) is 2. The molecule has 1 unspecified atom stereocenters. The standard InChI is InChI=1S/C26H15ClF5N3O2S/c1-38-20-5-3-15-18(33-20)10-19(34-24(36)11-6-12(26(30,31)32)8-14(29)7-11)22-21(15)25(37)35-23(22)16-9-13(28)2-4-17(16)27/h2-10,23H,1H3,(H,34,36)(H,35,37). The first-order valence-electron chi connectivity index (χ1n) is 10.9. The molecule has 38 heavy (non-hydrogen) atoms. The van der Waals surface area contributed by atoms with Crippen molar-refractivity contribution in [3.05, 3.63) is 99.1 Å². The van der Waals surface area contributed by atoms with Crippen molar-refractivity contribution in [2.45, 2.75) is 17.2 Å². The first-order valence-corrected chi connectivity index (χ1v) is 12.5. The van der Waals surface area contributed by atoms with E-state index in [2.05, 4.69) is 15.6 Å². The van der Waals surface area contributed by atoms with E-state index in [0.29, 0.717) is 28.1 Å². The number of rotatable bonds is 4. The molecule has 3 aromatic carbocycles. The number of halogens is 6. The van der Waals surface area contributed by atoms with Gasteiger partial charge in [-0.2, -0.15) is 13.2 Å². The minimum atomic E-state index is -4.88. The summed E-state index contributed by atoms with van der Waals surface area (Å²) < 4.78 is 67.8. The first kappa shape index (κ1) is 25.9. The molecule has 0 bridgehead atoms. The summed E-state index contributed by atoms with van der Waals surface area (Å²) in [5.41, 5.74) is -1.03. The Morgan fingerprint density at radius 1 is 1.05 bits per heavy atom. The van der Waals surface area contributed by atoms with Crippen molar-refractivity contribution in [2.24, 2.45) is 0 Å². The fraction of sp³-hybridized carbons (Fsp3) is 0.115. The minimum absolute atomic E-state index is 0.0183. The van der Waals surface area contributed by atoms with E-state index in [0.717, 1.165) is 12.1 Å². The highest BCUT2D eigenvalue weighted by Crippen LogP contribution is 2.43. The smallest absolute Gasteiger partial charge is 0.341 e. The second-order valence-corrected chi connectivity index (χ2v) is 9.62. The Kier molecular flexibility index (Phi) is 6.52. The van der Waals surface area contributed by atoms with Crippen molar-refractivity contribution in [1.29, 1.82) is 0 Å². The number of carbonyl (C=O) groups is 2. The number of nitrogens with zero attached hydrogens (tertiary/aromatic N) is 1. The number of anilines is 1. The van der Waals surface area contributed by atoms with Gasteiger partial charge in [0.2, 0.25) is 0 Å². The van der Waals surface area contributed by atoms with Gasteiger partial charge in [-0.3, -0.25) is 9.59 Å². The Labute approximate surface area is 221 Å². The Balaban J connectivity index is 1.70. The van der Waals surface area contributed by atoms with E-state index in [-0.39, 0.29) is 33.5 Å². The van der Waals surface area contributed by atoms with Crippen LogP contribution in [0.3, 0.4) is 0 Å². The summed E-state index contributed by atoms with van der Waals surface area (Å²) in [5.74, 6) is -3.47. The number of nitrogens with one attached hydrogen (secondary N) is 2. The number of pyridine rings is 1. The van der Waals surface area contributed by atoms with E-state index >= 15 is 0 Å². The van der Waals surface area contributed by atoms with E-state index in [4.69, 9.17) is 11.6 Å². The van der Waals surface area contributed by atoms with Gasteiger partial charge in [-0.1, -0.05) is 11.6 Å². The number of thioether (sulfide) groups is 1. The van der Waals surface area contributed by atoms with Gasteiger partial charge in [-0.25, -0.2) is 13.8 Å². The van der Waals surface area contributed by atoms with E-state index < -0.39 is 46.8 Å². The maximum absolute atomic E-state index is 14.1. The predicted molar refractivity (Wildman–Crippen MR) is 134 cm³/mol. The highest BCUT2D eigenvalue weighted by atomic mass is 35.5. The van der Waals surface area contributed by atoms with Crippen molar-refractivity contribution < 1.29 is 31.5 Å². The quantitative estimate of drug-likeness (QED) is 0.207. The average Bonchev–Trinajstić information content (AvgIpc) is 3.21. The van der Waals surface area contributed by atoms with Crippen LogP contribution in [0.25, 0.3) is 10.9 Å². The van der Waals surface area contributed by atoms with Crippen LogP contribution in [0.2, 0.25) is 5.02 Å². The molecule has 1 aromatic heterocycles. The van der Waals surface area contributed by atoms with Crippen LogP contribution in [0.5, 0.6) is 0 Å². The maximum atomic E-state index is 14.1. The molecule has 0 saturated heterocycles. The summed E-state index contributed by atoms with van der Waals surface area (Å²) in [6.07, 6.45) is -3.09. The average molecular weight is 564 g/mol. The zero-order chi connectivity index (χ0) is 27.4. The van der Waals surface area contributed by atoms with Crippen LogP contribution in [0.1, 0.15) is 43.4 Å². The van der Waals surface area contributed by atoms with Crippen LogP contribution in [0, 0.1) is 11.6 Å². The molecular weight excluding hydrogens is 549 g/mol. The molecule has 5 nitrogen and oxygen atoms in total. The SMILES string of the molecule is CSc1ccc2c3c(c(NC(=O)c4cc(F)cc(C(F)(F)F)c4)cc2n1)C(c1cc(F)ccc1Cl)NC3=O. The molecule has 0 radical (unpaired) electrons. The molecule has 194 valence electrons. The van der Waals surface area contributed by atoms with Crippen LogP contribution in [0.4, 0.5) is 27.6 Å². The highest BCUT2D eigenvalue weighted by molar-refractivity contribution is 7.98. The molecule has 4 aromatic rings. The van der Waals surface area contributed by atoms with Crippen LogP contribution in [0.15, 0.2) is 59.6 Å². The fourth-order valence-electron chi connectivity index (χ4n) is 4.36. The molecule has 1 aliphatic rings. The van der Waals surface area contributed by atoms with E-state index in [9.17, 15) is 31.5 Å². The van der Waals surface area contributed by atoms with Gasteiger partial charge >= 0.3 is 6.18 Å². The minimum Gasteiger partial charge on any atom is -0.341 e. The summed E-state index contributed by atoms with van der Waals surface area (Å²) in [5, 5.41) is 6.42. The van der Waals surface area contributed by atoms with E-state index in [1.54, 1.807) is 18.4 Å². The number of aromatic nitrogens is 1. The summed E-state index contributed by atoms with van der Waals surface area (Å²) in [7, 11) is 0. The molecule has 5 rings (SSSR count). The molecule has 0 aliphatic carbocycles. The lowest BCUT2D eigenvalue weighted by Crippen LogP contribution is -2.21. The second-order valence-electron chi connectivity index (χ2n) is 8.39. The Hall–Kier alpha value is -3.70. The summed E-state index contributed by atoms with van der Waals surface area (Å²) in [6, 6.07) is 8.89. The molecule has 0 saturated carbocycles. The monoisotopic (exact) mass is 563 g/mol. The van der Waals surface area contributed by atoms with Gasteiger partial charge in [0.25, 0.3) is 11.8 Å². The molecule has 2 heterocycles. The van der Waals surface area contributed by atoms with Crippen molar-refractivity contribution >= 4 is 51.8 Å². The third-order valence-electron chi connectivity index (χ3n) is 6.01. The number of alkyl halides is 3. The lowest BCUT2D eigenvalue weighted by atomic mass is 9.93. The topological polar surface area (TPSA) is 71.1 Å². The van der Waals surface area contributed by atoms with Crippen LogP contribution in [-0.2, 0) is 6.18 Å². The normalized spacial score (nSPS) is 14.9. The molecule has 2 amide bonds. The van der Waals surface area contributed by atoms with Gasteiger partial charge in [-0.05, 0) is 60.9 Å².